The van der Waals surface area contributed by atoms with Gasteiger partial charge >= 0.3 is 12.1 Å². The average Bonchev–Trinajstić information content (AvgIpc) is 2.78. The molecule has 3 rings (SSSR count). The number of amides is 1. The second-order valence-corrected chi connectivity index (χ2v) is 8.57. The van der Waals surface area contributed by atoms with Gasteiger partial charge in [0.15, 0.2) is 0 Å². The molecule has 0 saturated carbocycles. The highest BCUT2D eigenvalue weighted by molar-refractivity contribution is 7.86. The monoisotopic (exact) mass is 481 g/mol. The first-order chi connectivity index (χ1) is 15.7. The lowest BCUT2D eigenvalue weighted by atomic mass is 10.1. The molecule has 0 fully saturated rings. The van der Waals surface area contributed by atoms with Crippen LogP contribution in [-0.4, -0.2) is 39.9 Å². The van der Waals surface area contributed by atoms with Crippen molar-refractivity contribution >= 4 is 28.2 Å². The van der Waals surface area contributed by atoms with Crippen LogP contribution in [0, 0.1) is 5.82 Å². The van der Waals surface area contributed by atoms with E-state index in [0.29, 0.717) is 40.0 Å². The fourth-order valence-corrected chi connectivity index (χ4v) is 4.07. The van der Waals surface area contributed by atoms with E-state index >= 15 is 0 Å². The number of rotatable bonds is 7. The number of hydrogen-bond acceptors (Lipinski definition) is 6. The zero-order valence-corrected chi connectivity index (χ0v) is 18.4. The number of hydrogen-bond donors (Lipinski definition) is 1. The number of carbonyl (C=O) groups is 1. The fourth-order valence-electron chi connectivity index (χ4n) is 2.77. The van der Waals surface area contributed by atoms with Gasteiger partial charge in [0, 0.05) is 35.4 Å². The van der Waals surface area contributed by atoms with E-state index in [-0.39, 0.29) is 5.75 Å². The molecular weight excluding hydrogens is 462 g/mol. The molecule has 2 aromatic heterocycles. The maximum Gasteiger partial charge on any atom is 0.474 e. The minimum atomic E-state index is -4.98. The van der Waals surface area contributed by atoms with E-state index in [1.807, 2.05) is 0 Å². The Hall–Kier alpha value is -3.41. The first-order valence-electron chi connectivity index (χ1n) is 9.58. The summed E-state index contributed by atoms with van der Waals surface area (Å²) in [4.78, 5) is 23.7. The van der Waals surface area contributed by atoms with E-state index in [1.54, 1.807) is 25.1 Å². The second kappa shape index (κ2) is 10.5. The summed E-state index contributed by atoms with van der Waals surface area (Å²) in [6, 6.07) is 8.98. The largest absolute Gasteiger partial charge is 0.496 e. The number of nitrogens with zero attached hydrogens (tertiary/aromatic N) is 4. The number of carbonyl (C=O) groups excluding carboxylic acids is 1. The molecule has 3 aromatic rings. The van der Waals surface area contributed by atoms with Crippen LogP contribution in [0.25, 0.3) is 11.3 Å². The predicted octanol–water partition coefficient (Wildman–Crippen LogP) is 4.84. The van der Waals surface area contributed by atoms with Crippen molar-refractivity contribution in [1.82, 2.24) is 15.0 Å². The summed E-state index contributed by atoms with van der Waals surface area (Å²) in [5.41, 5.74) is 1.71. The Balaban J connectivity index is 1.81. The number of nitrogens with one attached hydrogen (secondary N) is 1. The summed E-state index contributed by atoms with van der Waals surface area (Å²) >= 11 is 0. The minimum Gasteiger partial charge on any atom is -0.496 e. The molecule has 12 heteroatoms. The van der Waals surface area contributed by atoms with E-state index in [1.165, 1.54) is 37.8 Å². The summed E-state index contributed by atoms with van der Waals surface area (Å²) in [6.07, 6.45) is -2.17. The van der Waals surface area contributed by atoms with Crippen LogP contribution in [0.15, 0.2) is 53.3 Å². The molecule has 2 heterocycles. The van der Waals surface area contributed by atoms with Crippen molar-refractivity contribution in [2.24, 2.45) is 4.36 Å². The Morgan fingerprint density at radius 3 is 2.58 bits per heavy atom. The second-order valence-electron chi connectivity index (χ2n) is 6.60. The standard InChI is InChI=1S/C21H19F4N5O2S/c1-3-33(30-20(31)21(23,24)25)11-13-6-7-26-18(8-13)29-19-10-16(27-12-28-19)15-5-4-14(22)9-17(15)32-2/h4-10,12H,3,11H2,1-2H3,(H,26,27,28,29). The third-order valence-corrected chi connectivity index (χ3v) is 6.07. The Kier molecular flexibility index (Phi) is 7.69. The molecule has 1 N–H and O–H groups in total. The van der Waals surface area contributed by atoms with Gasteiger partial charge in [-0.2, -0.15) is 17.5 Å². The average molecular weight is 481 g/mol. The highest BCUT2D eigenvalue weighted by Gasteiger charge is 2.38. The number of pyridine rings is 1. The molecule has 1 aromatic carbocycles. The zero-order valence-electron chi connectivity index (χ0n) is 17.6. The van der Waals surface area contributed by atoms with Crippen LogP contribution in [0.5, 0.6) is 5.75 Å². The van der Waals surface area contributed by atoms with Gasteiger partial charge in [0.1, 0.15) is 29.5 Å². The molecule has 7 nitrogen and oxygen atoms in total. The van der Waals surface area contributed by atoms with Crippen molar-refractivity contribution in [3.63, 3.8) is 0 Å². The molecule has 0 aliphatic heterocycles. The normalized spacial score (nSPS) is 12.4. The van der Waals surface area contributed by atoms with Crippen LogP contribution in [0.3, 0.4) is 0 Å². The first-order valence-corrected chi connectivity index (χ1v) is 11.1. The molecule has 0 spiro atoms. The molecule has 0 radical (unpaired) electrons. The summed E-state index contributed by atoms with van der Waals surface area (Å²) in [5.74, 6) is -0.974. The molecule has 0 aliphatic rings. The summed E-state index contributed by atoms with van der Waals surface area (Å²) in [6.45, 7) is 1.67. The Morgan fingerprint density at radius 2 is 1.88 bits per heavy atom. The van der Waals surface area contributed by atoms with Gasteiger partial charge in [-0.3, -0.25) is 4.79 Å². The van der Waals surface area contributed by atoms with E-state index < -0.39 is 28.6 Å². The van der Waals surface area contributed by atoms with Crippen LogP contribution in [0.4, 0.5) is 29.2 Å². The Morgan fingerprint density at radius 1 is 1.12 bits per heavy atom. The number of methoxy groups -OCH3 is 1. The van der Waals surface area contributed by atoms with Gasteiger partial charge in [0.25, 0.3) is 0 Å². The molecule has 0 aliphatic carbocycles. The maximum atomic E-state index is 13.5. The molecule has 174 valence electrons. The van der Waals surface area contributed by atoms with E-state index in [0.717, 1.165) is 0 Å². The zero-order chi connectivity index (χ0) is 24.0. The molecule has 1 amide bonds. The van der Waals surface area contributed by atoms with Gasteiger partial charge in [0.05, 0.1) is 12.8 Å². The van der Waals surface area contributed by atoms with Gasteiger partial charge in [-0.1, -0.05) is 17.6 Å². The van der Waals surface area contributed by atoms with Gasteiger partial charge in [0.2, 0.25) is 0 Å². The van der Waals surface area contributed by atoms with Crippen LogP contribution >= 0.6 is 0 Å². The minimum absolute atomic E-state index is 0.164. The van der Waals surface area contributed by atoms with Crippen molar-refractivity contribution in [2.45, 2.75) is 18.9 Å². The van der Waals surface area contributed by atoms with Crippen LogP contribution < -0.4 is 10.1 Å². The number of benzene rings is 1. The number of halogens is 4. The van der Waals surface area contributed by atoms with Crippen molar-refractivity contribution in [2.75, 3.05) is 18.2 Å². The van der Waals surface area contributed by atoms with Crippen molar-refractivity contribution in [3.05, 3.63) is 60.3 Å². The summed E-state index contributed by atoms with van der Waals surface area (Å²) < 4.78 is 59.6. The number of aromatic nitrogens is 3. The third-order valence-electron chi connectivity index (χ3n) is 4.31. The molecule has 0 saturated heterocycles. The topological polar surface area (TPSA) is 89.4 Å². The highest BCUT2D eigenvalue weighted by atomic mass is 32.2. The van der Waals surface area contributed by atoms with Crippen LogP contribution in [0.2, 0.25) is 0 Å². The predicted molar refractivity (Wildman–Crippen MR) is 117 cm³/mol. The fraction of sp³-hybridized carbons (Fsp3) is 0.238. The lowest BCUT2D eigenvalue weighted by Gasteiger charge is -2.11. The Bertz CT molecular complexity index is 1190. The smallest absolute Gasteiger partial charge is 0.474 e. The van der Waals surface area contributed by atoms with Gasteiger partial charge in [-0.25, -0.2) is 19.3 Å². The SMILES string of the molecule is CCS(Cc1ccnc(Nc2cc(-c3ccc(F)cc3OC)ncn2)c1)=NC(=O)C(F)(F)F. The van der Waals surface area contributed by atoms with Crippen molar-refractivity contribution < 1.29 is 27.1 Å². The van der Waals surface area contributed by atoms with E-state index in [9.17, 15) is 22.4 Å². The molecule has 1 unspecified atom stereocenters. The first kappa shape index (κ1) is 24.2. The maximum absolute atomic E-state index is 13.5. The van der Waals surface area contributed by atoms with E-state index in [4.69, 9.17) is 4.74 Å². The van der Waals surface area contributed by atoms with Crippen molar-refractivity contribution in [1.29, 1.82) is 0 Å². The van der Waals surface area contributed by atoms with Crippen LogP contribution in [0.1, 0.15) is 12.5 Å². The van der Waals surface area contributed by atoms with Gasteiger partial charge in [-0.15, -0.1) is 0 Å². The van der Waals surface area contributed by atoms with Gasteiger partial charge < -0.3 is 10.1 Å². The third kappa shape index (κ3) is 6.54. The van der Waals surface area contributed by atoms with Gasteiger partial charge in [-0.05, 0) is 29.8 Å². The quantitative estimate of drug-likeness (QED) is 0.486. The van der Waals surface area contributed by atoms with E-state index in [2.05, 4.69) is 24.6 Å². The van der Waals surface area contributed by atoms with Crippen LogP contribution in [-0.2, 0) is 21.2 Å². The lowest BCUT2D eigenvalue weighted by molar-refractivity contribution is -0.169. The number of anilines is 2. The summed E-state index contributed by atoms with van der Waals surface area (Å²) in [7, 11) is 0.305. The molecular formula is C21H19F4N5O2S. The summed E-state index contributed by atoms with van der Waals surface area (Å²) in [5, 5.41) is 3.01. The lowest BCUT2D eigenvalue weighted by Crippen LogP contribution is -2.21. The number of ether oxygens (including phenoxy) is 1. The van der Waals surface area contributed by atoms with Crippen molar-refractivity contribution in [3.8, 4) is 17.0 Å². The highest BCUT2D eigenvalue weighted by Crippen LogP contribution is 2.30. The molecule has 0 bridgehead atoms. The molecule has 1 atom stereocenters. The Labute approximate surface area is 189 Å². The molecule has 33 heavy (non-hydrogen) atoms. The number of alkyl halides is 3.